The second-order valence-electron chi connectivity index (χ2n) is 5.80. The fraction of sp³-hybridized carbons (Fsp3) is 0.588. The van der Waals surface area contributed by atoms with Gasteiger partial charge in [-0.05, 0) is 23.6 Å². The van der Waals surface area contributed by atoms with E-state index in [-0.39, 0.29) is 11.8 Å². The first-order valence-corrected chi connectivity index (χ1v) is 7.50. The summed E-state index contributed by atoms with van der Waals surface area (Å²) in [4.78, 5) is 14.0. The molecule has 3 heteroatoms. The minimum Gasteiger partial charge on any atom is -0.341 e. The molecule has 0 bridgehead atoms. The maximum atomic E-state index is 12.2. The van der Waals surface area contributed by atoms with Crippen LogP contribution in [0.5, 0.6) is 0 Å². The van der Waals surface area contributed by atoms with E-state index >= 15 is 0 Å². The topological polar surface area (TPSA) is 32.3 Å². The zero-order valence-electron chi connectivity index (χ0n) is 13.4. The second-order valence-corrected chi connectivity index (χ2v) is 5.80. The lowest BCUT2D eigenvalue weighted by Gasteiger charge is -2.22. The van der Waals surface area contributed by atoms with Crippen LogP contribution in [-0.4, -0.2) is 30.9 Å². The van der Waals surface area contributed by atoms with Gasteiger partial charge in [-0.15, -0.1) is 0 Å². The number of nitrogens with zero attached hydrogens (tertiary/aromatic N) is 1. The van der Waals surface area contributed by atoms with Crippen LogP contribution in [0, 0.1) is 5.92 Å². The second kappa shape index (κ2) is 8.05. The van der Waals surface area contributed by atoms with E-state index in [9.17, 15) is 4.79 Å². The molecule has 0 fully saturated rings. The van der Waals surface area contributed by atoms with Crippen molar-refractivity contribution in [2.75, 3.05) is 20.1 Å². The van der Waals surface area contributed by atoms with Crippen molar-refractivity contribution in [2.24, 2.45) is 5.92 Å². The third kappa shape index (κ3) is 4.97. The molecular formula is C17H28N2O. The van der Waals surface area contributed by atoms with Gasteiger partial charge in [-0.3, -0.25) is 4.79 Å². The van der Waals surface area contributed by atoms with Crippen LogP contribution in [0.4, 0.5) is 0 Å². The Morgan fingerprint density at radius 1 is 1.20 bits per heavy atom. The van der Waals surface area contributed by atoms with Crippen molar-refractivity contribution >= 4 is 5.91 Å². The number of hydrogen-bond donors (Lipinski definition) is 1. The van der Waals surface area contributed by atoms with E-state index < -0.39 is 0 Å². The zero-order chi connectivity index (χ0) is 15.1. The maximum Gasteiger partial charge on any atom is 0.226 e. The highest BCUT2D eigenvalue weighted by molar-refractivity contribution is 5.78. The van der Waals surface area contributed by atoms with Gasteiger partial charge in [0, 0.05) is 26.1 Å². The van der Waals surface area contributed by atoms with Crippen LogP contribution in [0.3, 0.4) is 0 Å². The van der Waals surface area contributed by atoms with Gasteiger partial charge in [0.25, 0.3) is 0 Å². The summed E-state index contributed by atoms with van der Waals surface area (Å²) < 4.78 is 0. The van der Waals surface area contributed by atoms with Crippen LogP contribution >= 0.6 is 0 Å². The van der Waals surface area contributed by atoms with E-state index in [1.165, 1.54) is 11.1 Å². The molecule has 0 aliphatic carbocycles. The molecular weight excluding hydrogens is 248 g/mol. The Hall–Kier alpha value is -1.35. The van der Waals surface area contributed by atoms with E-state index in [1.807, 2.05) is 18.9 Å². The molecule has 3 nitrogen and oxygen atoms in total. The Kier molecular flexibility index (Phi) is 6.73. The Morgan fingerprint density at radius 3 is 2.30 bits per heavy atom. The molecule has 1 amide bonds. The van der Waals surface area contributed by atoms with Gasteiger partial charge in [0.1, 0.15) is 0 Å². The summed E-state index contributed by atoms with van der Waals surface area (Å²) in [6.45, 7) is 10.7. The van der Waals surface area contributed by atoms with Crippen LogP contribution in [0.2, 0.25) is 0 Å². The van der Waals surface area contributed by atoms with Gasteiger partial charge in [0.15, 0.2) is 0 Å². The molecule has 0 heterocycles. The molecule has 1 unspecified atom stereocenters. The number of amides is 1. The van der Waals surface area contributed by atoms with E-state index in [2.05, 4.69) is 50.4 Å². The summed E-state index contributed by atoms with van der Waals surface area (Å²) in [6.07, 6.45) is 0. The van der Waals surface area contributed by atoms with Crippen molar-refractivity contribution in [3.63, 3.8) is 0 Å². The van der Waals surface area contributed by atoms with E-state index in [0.29, 0.717) is 12.5 Å². The van der Waals surface area contributed by atoms with E-state index in [1.54, 1.807) is 0 Å². The Morgan fingerprint density at radius 2 is 1.80 bits per heavy atom. The Bertz CT molecular complexity index is 412. The van der Waals surface area contributed by atoms with Crippen LogP contribution < -0.4 is 5.32 Å². The van der Waals surface area contributed by atoms with E-state index in [0.717, 1.165) is 13.1 Å². The van der Waals surface area contributed by atoms with Gasteiger partial charge in [0.2, 0.25) is 5.91 Å². The van der Waals surface area contributed by atoms with Crippen molar-refractivity contribution in [1.29, 1.82) is 0 Å². The highest BCUT2D eigenvalue weighted by atomic mass is 16.2. The summed E-state index contributed by atoms with van der Waals surface area (Å²) in [5.41, 5.74) is 2.52. The Labute approximate surface area is 123 Å². The lowest BCUT2D eigenvalue weighted by molar-refractivity contribution is -0.134. The largest absolute Gasteiger partial charge is 0.341 e. The number of benzene rings is 1. The minimum atomic E-state index is 0.0230. The van der Waals surface area contributed by atoms with Gasteiger partial charge in [-0.25, -0.2) is 0 Å². The third-order valence-corrected chi connectivity index (χ3v) is 3.56. The molecule has 0 aliphatic rings. The number of nitrogens with one attached hydrogen (secondary N) is 1. The molecule has 1 aromatic carbocycles. The van der Waals surface area contributed by atoms with Gasteiger partial charge in [0.05, 0.1) is 0 Å². The van der Waals surface area contributed by atoms with Crippen molar-refractivity contribution in [2.45, 2.75) is 40.2 Å². The highest BCUT2D eigenvalue weighted by Crippen LogP contribution is 2.15. The molecule has 0 radical (unpaired) electrons. The molecule has 1 atom stereocenters. The standard InChI is InChI=1S/C17H28N2O/c1-6-18-11-14(4)17(20)19(5)12-15-7-9-16(10-8-15)13(2)3/h7-10,13-14,18H,6,11-12H2,1-5H3. The first kappa shape index (κ1) is 16.7. The zero-order valence-corrected chi connectivity index (χ0v) is 13.4. The number of hydrogen-bond acceptors (Lipinski definition) is 2. The van der Waals surface area contributed by atoms with Gasteiger partial charge >= 0.3 is 0 Å². The van der Waals surface area contributed by atoms with Crippen LogP contribution in [0.15, 0.2) is 24.3 Å². The number of rotatable bonds is 7. The first-order valence-electron chi connectivity index (χ1n) is 7.50. The normalized spacial score (nSPS) is 12.5. The number of carbonyl (C=O) groups is 1. The predicted molar refractivity (Wildman–Crippen MR) is 84.7 cm³/mol. The van der Waals surface area contributed by atoms with Crippen molar-refractivity contribution in [1.82, 2.24) is 10.2 Å². The SMILES string of the molecule is CCNCC(C)C(=O)N(C)Cc1ccc(C(C)C)cc1. The van der Waals surface area contributed by atoms with Gasteiger partial charge < -0.3 is 10.2 Å². The summed E-state index contributed by atoms with van der Waals surface area (Å²) in [7, 11) is 1.88. The molecule has 0 aromatic heterocycles. The molecule has 1 rings (SSSR count). The van der Waals surface area contributed by atoms with Gasteiger partial charge in [-0.1, -0.05) is 52.0 Å². The highest BCUT2D eigenvalue weighted by Gasteiger charge is 2.17. The lowest BCUT2D eigenvalue weighted by Crippen LogP contribution is -2.36. The van der Waals surface area contributed by atoms with Crippen LogP contribution in [-0.2, 0) is 11.3 Å². The molecule has 1 N–H and O–H groups in total. The summed E-state index contributed by atoms with van der Waals surface area (Å²) >= 11 is 0. The molecule has 0 saturated heterocycles. The van der Waals surface area contributed by atoms with Crippen molar-refractivity contribution < 1.29 is 4.79 Å². The smallest absolute Gasteiger partial charge is 0.226 e. The molecule has 112 valence electrons. The Balaban J connectivity index is 2.56. The van der Waals surface area contributed by atoms with Crippen LogP contribution in [0.1, 0.15) is 44.7 Å². The average molecular weight is 276 g/mol. The molecule has 0 spiro atoms. The van der Waals surface area contributed by atoms with Gasteiger partial charge in [-0.2, -0.15) is 0 Å². The average Bonchev–Trinajstić information content (AvgIpc) is 2.44. The quantitative estimate of drug-likeness (QED) is 0.830. The minimum absolute atomic E-state index is 0.0230. The third-order valence-electron chi connectivity index (χ3n) is 3.56. The summed E-state index contributed by atoms with van der Waals surface area (Å²) in [5.74, 6) is 0.761. The lowest BCUT2D eigenvalue weighted by atomic mass is 10.0. The predicted octanol–water partition coefficient (Wildman–Crippen LogP) is 3.01. The maximum absolute atomic E-state index is 12.2. The monoisotopic (exact) mass is 276 g/mol. The van der Waals surface area contributed by atoms with Crippen molar-refractivity contribution in [3.05, 3.63) is 35.4 Å². The molecule has 0 aliphatic heterocycles. The molecule has 0 saturated carbocycles. The van der Waals surface area contributed by atoms with E-state index in [4.69, 9.17) is 0 Å². The fourth-order valence-corrected chi connectivity index (χ4v) is 2.18. The molecule has 20 heavy (non-hydrogen) atoms. The van der Waals surface area contributed by atoms with Crippen molar-refractivity contribution in [3.8, 4) is 0 Å². The summed E-state index contributed by atoms with van der Waals surface area (Å²) in [6, 6.07) is 8.54. The summed E-state index contributed by atoms with van der Waals surface area (Å²) in [5, 5.41) is 3.22. The molecule has 1 aromatic rings. The first-order chi connectivity index (χ1) is 9.45. The number of carbonyl (C=O) groups excluding carboxylic acids is 1. The fourth-order valence-electron chi connectivity index (χ4n) is 2.18. The van der Waals surface area contributed by atoms with Crippen LogP contribution in [0.25, 0.3) is 0 Å².